The van der Waals surface area contributed by atoms with Crippen molar-refractivity contribution in [2.45, 2.75) is 44.6 Å². The average molecular weight is 362 g/mol. The molecule has 1 aromatic carbocycles. The first-order valence-corrected chi connectivity index (χ1v) is 9.31. The second-order valence-corrected chi connectivity index (χ2v) is 7.38. The SMILES string of the molecule is CC1CCC(c2ccc(C(=O)N(C)CC(=O)NCC(O)CO)cc2)CC1. The van der Waals surface area contributed by atoms with Crippen molar-refractivity contribution in [2.75, 3.05) is 26.7 Å². The summed E-state index contributed by atoms with van der Waals surface area (Å²) in [4.78, 5) is 25.6. The fourth-order valence-electron chi connectivity index (χ4n) is 3.35. The number of hydrogen-bond acceptors (Lipinski definition) is 4. The summed E-state index contributed by atoms with van der Waals surface area (Å²) < 4.78 is 0. The lowest BCUT2D eigenvalue weighted by atomic mass is 9.79. The van der Waals surface area contributed by atoms with Gasteiger partial charge in [0, 0.05) is 19.2 Å². The molecule has 6 heteroatoms. The number of nitrogens with zero attached hydrogens (tertiary/aromatic N) is 1. The molecule has 0 saturated heterocycles. The van der Waals surface area contributed by atoms with Gasteiger partial charge in [-0.1, -0.05) is 31.9 Å². The van der Waals surface area contributed by atoms with Crippen LogP contribution < -0.4 is 5.32 Å². The molecule has 0 radical (unpaired) electrons. The second-order valence-electron chi connectivity index (χ2n) is 7.38. The molecule has 1 aliphatic carbocycles. The average Bonchev–Trinajstić information content (AvgIpc) is 2.66. The first kappa shape index (κ1) is 20.4. The molecule has 2 rings (SSSR count). The molecule has 144 valence electrons. The summed E-state index contributed by atoms with van der Waals surface area (Å²) >= 11 is 0. The topological polar surface area (TPSA) is 89.9 Å². The zero-order chi connectivity index (χ0) is 19.1. The van der Waals surface area contributed by atoms with Crippen molar-refractivity contribution >= 4 is 11.8 Å². The van der Waals surface area contributed by atoms with Gasteiger partial charge in [0.1, 0.15) is 0 Å². The quantitative estimate of drug-likeness (QED) is 0.686. The van der Waals surface area contributed by atoms with Crippen molar-refractivity contribution in [3.63, 3.8) is 0 Å². The number of likely N-dealkylation sites (N-methyl/N-ethyl adjacent to an activating group) is 1. The third kappa shape index (κ3) is 5.81. The van der Waals surface area contributed by atoms with Crippen LogP contribution in [0.3, 0.4) is 0 Å². The smallest absolute Gasteiger partial charge is 0.254 e. The summed E-state index contributed by atoms with van der Waals surface area (Å²) in [5.41, 5.74) is 1.84. The van der Waals surface area contributed by atoms with E-state index in [4.69, 9.17) is 5.11 Å². The van der Waals surface area contributed by atoms with E-state index in [2.05, 4.69) is 12.2 Å². The Morgan fingerprint density at radius 3 is 2.38 bits per heavy atom. The number of rotatable bonds is 7. The van der Waals surface area contributed by atoms with Crippen LogP contribution >= 0.6 is 0 Å². The Morgan fingerprint density at radius 1 is 1.19 bits per heavy atom. The first-order valence-electron chi connectivity index (χ1n) is 9.31. The molecule has 1 unspecified atom stereocenters. The maximum Gasteiger partial charge on any atom is 0.254 e. The van der Waals surface area contributed by atoms with Crippen molar-refractivity contribution in [3.05, 3.63) is 35.4 Å². The summed E-state index contributed by atoms with van der Waals surface area (Å²) in [5, 5.41) is 20.4. The molecule has 0 spiro atoms. The number of nitrogens with one attached hydrogen (secondary N) is 1. The van der Waals surface area contributed by atoms with Gasteiger partial charge in [-0.3, -0.25) is 9.59 Å². The highest BCUT2D eigenvalue weighted by Gasteiger charge is 2.20. The highest BCUT2D eigenvalue weighted by Crippen LogP contribution is 2.35. The van der Waals surface area contributed by atoms with Gasteiger partial charge in [0.25, 0.3) is 5.91 Å². The van der Waals surface area contributed by atoms with E-state index in [1.807, 2.05) is 24.3 Å². The van der Waals surface area contributed by atoms with Gasteiger partial charge in [-0.15, -0.1) is 0 Å². The molecular weight excluding hydrogens is 332 g/mol. The van der Waals surface area contributed by atoms with Gasteiger partial charge in [0.05, 0.1) is 19.3 Å². The van der Waals surface area contributed by atoms with E-state index >= 15 is 0 Å². The van der Waals surface area contributed by atoms with Gasteiger partial charge < -0.3 is 20.4 Å². The maximum atomic E-state index is 12.5. The fraction of sp³-hybridized carbons (Fsp3) is 0.600. The van der Waals surface area contributed by atoms with Crippen LogP contribution in [0.5, 0.6) is 0 Å². The Kier molecular flexibility index (Phi) is 7.60. The van der Waals surface area contributed by atoms with Gasteiger partial charge in [-0.05, 0) is 42.4 Å². The van der Waals surface area contributed by atoms with Gasteiger partial charge in [0.2, 0.25) is 5.91 Å². The van der Waals surface area contributed by atoms with Crippen molar-refractivity contribution in [2.24, 2.45) is 5.92 Å². The monoisotopic (exact) mass is 362 g/mol. The summed E-state index contributed by atoms with van der Waals surface area (Å²) in [6.45, 7) is 1.75. The van der Waals surface area contributed by atoms with Crippen LogP contribution in [0.4, 0.5) is 0 Å². The van der Waals surface area contributed by atoms with Gasteiger partial charge in [0.15, 0.2) is 0 Å². The standard InChI is InChI=1S/C20H30N2O4/c1-14-3-5-15(6-4-14)16-7-9-17(10-8-16)20(26)22(2)12-19(25)21-11-18(24)13-23/h7-10,14-15,18,23-24H,3-6,11-13H2,1-2H3,(H,21,25). The molecular formula is C20H30N2O4. The minimum Gasteiger partial charge on any atom is -0.394 e. The summed E-state index contributed by atoms with van der Waals surface area (Å²) in [7, 11) is 1.57. The molecule has 0 aliphatic heterocycles. The van der Waals surface area contributed by atoms with Crippen LogP contribution in [0.15, 0.2) is 24.3 Å². The van der Waals surface area contributed by atoms with Crippen LogP contribution in [-0.2, 0) is 4.79 Å². The van der Waals surface area contributed by atoms with E-state index in [0.717, 1.165) is 5.92 Å². The fourth-order valence-corrected chi connectivity index (χ4v) is 3.35. The number of amides is 2. The number of aliphatic hydroxyl groups is 2. The summed E-state index contributed by atoms with van der Waals surface area (Å²) in [5.74, 6) is 0.801. The molecule has 1 aromatic rings. The van der Waals surface area contributed by atoms with Crippen LogP contribution in [0, 0.1) is 5.92 Å². The highest BCUT2D eigenvalue weighted by molar-refractivity contribution is 5.96. The van der Waals surface area contributed by atoms with E-state index in [1.165, 1.54) is 36.1 Å². The molecule has 1 saturated carbocycles. The Bertz CT molecular complexity index is 594. The highest BCUT2D eigenvalue weighted by atomic mass is 16.3. The molecule has 6 nitrogen and oxygen atoms in total. The van der Waals surface area contributed by atoms with E-state index in [1.54, 1.807) is 7.05 Å². The summed E-state index contributed by atoms with van der Waals surface area (Å²) in [6, 6.07) is 7.72. The van der Waals surface area contributed by atoms with Gasteiger partial charge in [-0.2, -0.15) is 0 Å². The normalized spacial score (nSPS) is 21.1. The zero-order valence-electron chi connectivity index (χ0n) is 15.6. The lowest BCUT2D eigenvalue weighted by molar-refractivity contribution is -0.122. The van der Waals surface area contributed by atoms with E-state index < -0.39 is 12.7 Å². The molecule has 2 amide bonds. The van der Waals surface area contributed by atoms with Crippen molar-refractivity contribution in [1.82, 2.24) is 10.2 Å². The van der Waals surface area contributed by atoms with Gasteiger partial charge >= 0.3 is 0 Å². The van der Waals surface area contributed by atoms with E-state index in [-0.39, 0.29) is 24.9 Å². The van der Waals surface area contributed by atoms with Gasteiger partial charge in [-0.25, -0.2) is 0 Å². The zero-order valence-corrected chi connectivity index (χ0v) is 15.6. The Balaban J connectivity index is 1.87. The second kappa shape index (κ2) is 9.69. The predicted octanol–water partition coefficient (Wildman–Crippen LogP) is 1.52. The first-order chi connectivity index (χ1) is 12.4. The van der Waals surface area contributed by atoms with Crippen LogP contribution in [0.2, 0.25) is 0 Å². The van der Waals surface area contributed by atoms with Crippen molar-refractivity contribution < 1.29 is 19.8 Å². The van der Waals surface area contributed by atoms with Crippen molar-refractivity contribution in [3.8, 4) is 0 Å². The number of benzene rings is 1. The molecule has 0 bridgehead atoms. The molecule has 1 aliphatic rings. The minimum absolute atomic E-state index is 0.0356. The third-order valence-electron chi connectivity index (χ3n) is 5.12. The molecule has 0 heterocycles. The molecule has 26 heavy (non-hydrogen) atoms. The molecule has 3 N–H and O–H groups in total. The van der Waals surface area contributed by atoms with E-state index in [0.29, 0.717) is 11.5 Å². The molecule has 1 atom stereocenters. The van der Waals surface area contributed by atoms with Crippen LogP contribution in [-0.4, -0.2) is 59.8 Å². The largest absolute Gasteiger partial charge is 0.394 e. The van der Waals surface area contributed by atoms with Crippen molar-refractivity contribution in [1.29, 1.82) is 0 Å². The number of aliphatic hydroxyl groups excluding tert-OH is 2. The molecule has 1 fully saturated rings. The number of hydrogen-bond donors (Lipinski definition) is 3. The Labute approximate surface area is 155 Å². The minimum atomic E-state index is -0.990. The lowest BCUT2D eigenvalue weighted by Crippen LogP contribution is -2.41. The predicted molar refractivity (Wildman–Crippen MR) is 99.9 cm³/mol. The van der Waals surface area contributed by atoms with Crippen LogP contribution in [0.1, 0.15) is 54.4 Å². The Morgan fingerprint density at radius 2 is 1.81 bits per heavy atom. The van der Waals surface area contributed by atoms with Crippen LogP contribution in [0.25, 0.3) is 0 Å². The summed E-state index contributed by atoms with van der Waals surface area (Å²) in [6.07, 6.45) is 3.93. The number of carbonyl (C=O) groups is 2. The van der Waals surface area contributed by atoms with E-state index in [9.17, 15) is 14.7 Å². The maximum absolute atomic E-state index is 12.5. The Hall–Kier alpha value is -1.92. The molecule has 0 aromatic heterocycles. The third-order valence-corrected chi connectivity index (χ3v) is 5.12. The lowest BCUT2D eigenvalue weighted by Gasteiger charge is -2.26. The number of carbonyl (C=O) groups excluding carboxylic acids is 2.